The Labute approximate surface area is 155 Å². The van der Waals surface area contributed by atoms with Gasteiger partial charge >= 0.3 is 0 Å². The lowest BCUT2D eigenvalue weighted by atomic mass is 10.1. The van der Waals surface area contributed by atoms with E-state index in [2.05, 4.69) is 10.3 Å². The fraction of sp³-hybridized carbons (Fsp3) is 0.250. The second-order valence-corrected chi connectivity index (χ2v) is 7.43. The van der Waals surface area contributed by atoms with Crippen LogP contribution in [0.5, 0.6) is 0 Å². The highest BCUT2D eigenvalue weighted by molar-refractivity contribution is 7.22. The molecule has 0 saturated carbocycles. The zero-order valence-electron chi connectivity index (χ0n) is 14.4. The lowest BCUT2D eigenvalue weighted by Gasteiger charge is -2.28. The van der Waals surface area contributed by atoms with Crippen LogP contribution in [0.4, 0.5) is 10.8 Å². The van der Waals surface area contributed by atoms with Gasteiger partial charge in [0.1, 0.15) is 6.04 Å². The van der Waals surface area contributed by atoms with Crippen molar-refractivity contribution in [3.05, 3.63) is 54.1 Å². The maximum Gasteiger partial charge on any atom is 0.249 e. The van der Waals surface area contributed by atoms with E-state index in [9.17, 15) is 9.59 Å². The van der Waals surface area contributed by atoms with Gasteiger partial charge < -0.3 is 5.32 Å². The molecule has 0 unspecified atom stereocenters. The van der Waals surface area contributed by atoms with Crippen molar-refractivity contribution in [3.8, 4) is 0 Å². The molecule has 2 heterocycles. The molecule has 1 N–H and O–H groups in total. The molecule has 2 aromatic carbocycles. The van der Waals surface area contributed by atoms with E-state index in [1.54, 1.807) is 11.8 Å². The van der Waals surface area contributed by atoms with E-state index in [4.69, 9.17) is 0 Å². The first kappa shape index (κ1) is 16.7. The van der Waals surface area contributed by atoms with E-state index in [-0.39, 0.29) is 11.8 Å². The molecule has 0 spiro atoms. The number of carbonyl (C=O) groups excluding carboxylic acids is 2. The highest BCUT2D eigenvalue weighted by Crippen LogP contribution is 2.30. The van der Waals surface area contributed by atoms with Crippen molar-refractivity contribution in [1.82, 2.24) is 4.98 Å². The second kappa shape index (κ2) is 6.88. The molecule has 1 atom stereocenters. The molecule has 1 aliphatic rings. The van der Waals surface area contributed by atoms with Crippen molar-refractivity contribution in [2.45, 2.75) is 32.2 Å². The van der Waals surface area contributed by atoms with Crippen LogP contribution in [0, 0.1) is 0 Å². The third-order valence-corrected chi connectivity index (χ3v) is 5.60. The standard InChI is InChI=1S/C20H19N3O2S/c1-13(19(25)22-20-21-15-9-3-5-11-17(15)26-20)23-16-10-4-2-7-14(16)8-6-12-18(23)24/h2-5,7,9-11,13H,6,8,12H2,1H3,(H,21,22,25)/t13-/m1/s1. The van der Waals surface area contributed by atoms with Crippen LogP contribution in [0.2, 0.25) is 0 Å². The predicted molar refractivity (Wildman–Crippen MR) is 105 cm³/mol. The Morgan fingerprint density at radius 1 is 1.15 bits per heavy atom. The van der Waals surface area contributed by atoms with Gasteiger partial charge in [0.25, 0.3) is 0 Å². The first-order valence-electron chi connectivity index (χ1n) is 8.70. The minimum Gasteiger partial charge on any atom is -0.300 e. The van der Waals surface area contributed by atoms with E-state index in [1.807, 2.05) is 48.5 Å². The van der Waals surface area contributed by atoms with Crippen LogP contribution in [-0.4, -0.2) is 22.8 Å². The Morgan fingerprint density at radius 2 is 1.92 bits per heavy atom. The summed E-state index contributed by atoms with van der Waals surface area (Å²) in [5, 5.41) is 3.43. The average Bonchev–Trinajstić information content (AvgIpc) is 2.97. The van der Waals surface area contributed by atoms with Crippen molar-refractivity contribution >= 4 is 44.2 Å². The SMILES string of the molecule is C[C@H](C(=O)Nc1nc2ccccc2s1)N1C(=O)CCCc2ccccc21. The summed E-state index contributed by atoms with van der Waals surface area (Å²) in [5.74, 6) is -0.240. The van der Waals surface area contributed by atoms with Gasteiger partial charge in [-0.3, -0.25) is 14.5 Å². The molecule has 132 valence electrons. The van der Waals surface area contributed by atoms with Gasteiger partial charge in [0, 0.05) is 12.1 Å². The summed E-state index contributed by atoms with van der Waals surface area (Å²) in [5.41, 5.74) is 2.80. The van der Waals surface area contributed by atoms with Crippen molar-refractivity contribution in [2.24, 2.45) is 0 Å². The molecule has 0 saturated heterocycles. The summed E-state index contributed by atoms with van der Waals surface area (Å²) >= 11 is 1.43. The molecule has 26 heavy (non-hydrogen) atoms. The Morgan fingerprint density at radius 3 is 2.77 bits per heavy atom. The van der Waals surface area contributed by atoms with Crippen molar-refractivity contribution in [3.63, 3.8) is 0 Å². The van der Waals surface area contributed by atoms with Crippen LogP contribution in [0.15, 0.2) is 48.5 Å². The summed E-state index contributed by atoms with van der Waals surface area (Å²) in [7, 11) is 0. The Hall–Kier alpha value is -2.73. The van der Waals surface area contributed by atoms with Gasteiger partial charge in [-0.25, -0.2) is 4.98 Å². The van der Waals surface area contributed by atoms with Crippen LogP contribution >= 0.6 is 11.3 Å². The number of fused-ring (bicyclic) bond motifs is 2. The normalized spacial score (nSPS) is 15.4. The molecule has 5 nitrogen and oxygen atoms in total. The van der Waals surface area contributed by atoms with Crippen LogP contribution in [-0.2, 0) is 16.0 Å². The van der Waals surface area contributed by atoms with E-state index < -0.39 is 6.04 Å². The molecular weight excluding hydrogens is 346 g/mol. The van der Waals surface area contributed by atoms with Crippen LogP contribution < -0.4 is 10.2 Å². The second-order valence-electron chi connectivity index (χ2n) is 6.40. The van der Waals surface area contributed by atoms with Crippen LogP contribution in [0.25, 0.3) is 10.2 Å². The summed E-state index contributed by atoms with van der Waals surface area (Å²) < 4.78 is 1.02. The lowest BCUT2D eigenvalue weighted by molar-refractivity contribution is -0.123. The zero-order valence-corrected chi connectivity index (χ0v) is 15.3. The molecule has 3 aromatic rings. The smallest absolute Gasteiger partial charge is 0.249 e. The molecule has 6 heteroatoms. The summed E-state index contributed by atoms with van der Waals surface area (Å²) in [6, 6.07) is 15.0. The first-order chi connectivity index (χ1) is 12.6. The molecular formula is C20H19N3O2S. The number of hydrogen-bond donors (Lipinski definition) is 1. The molecule has 0 radical (unpaired) electrons. The Bertz CT molecular complexity index is 949. The number of hydrogen-bond acceptors (Lipinski definition) is 4. The fourth-order valence-corrected chi connectivity index (χ4v) is 4.19. The summed E-state index contributed by atoms with van der Waals surface area (Å²) in [6.07, 6.45) is 2.11. The third-order valence-electron chi connectivity index (χ3n) is 4.65. The van der Waals surface area contributed by atoms with Gasteiger partial charge in [-0.1, -0.05) is 41.7 Å². The Balaban J connectivity index is 1.60. The molecule has 0 bridgehead atoms. The molecule has 1 aliphatic heterocycles. The lowest BCUT2D eigenvalue weighted by Crippen LogP contribution is -2.45. The number of anilines is 2. The fourth-order valence-electron chi connectivity index (χ4n) is 3.32. The first-order valence-corrected chi connectivity index (χ1v) is 9.51. The van der Waals surface area contributed by atoms with E-state index in [0.717, 1.165) is 34.3 Å². The molecule has 0 fully saturated rings. The van der Waals surface area contributed by atoms with E-state index in [1.165, 1.54) is 11.3 Å². The number of nitrogens with zero attached hydrogens (tertiary/aromatic N) is 2. The topological polar surface area (TPSA) is 62.3 Å². The summed E-state index contributed by atoms with van der Waals surface area (Å²) in [4.78, 5) is 31.5. The van der Waals surface area contributed by atoms with Crippen LogP contribution in [0.3, 0.4) is 0 Å². The van der Waals surface area contributed by atoms with Crippen molar-refractivity contribution in [1.29, 1.82) is 0 Å². The minimum atomic E-state index is -0.603. The van der Waals surface area contributed by atoms with Gasteiger partial charge in [-0.15, -0.1) is 0 Å². The number of aryl methyl sites for hydroxylation is 1. The molecule has 2 amide bonds. The molecule has 1 aromatic heterocycles. The van der Waals surface area contributed by atoms with Crippen molar-refractivity contribution in [2.75, 3.05) is 10.2 Å². The number of thiazole rings is 1. The number of benzene rings is 2. The summed E-state index contributed by atoms with van der Waals surface area (Å²) in [6.45, 7) is 1.77. The minimum absolute atomic E-state index is 0.0121. The highest BCUT2D eigenvalue weighted by Gasteiger charge is 2.30. The number of carbonyl (C=O) groups is 2. The quantitative estimate of drug-likeness (QED) is 0.763. The van der Waals surface area contributed by atoms with Gasteiger partial charge in [-0.05, 0) is 43.5 Å². The van der Waals surface area contributed by atoms with Gasteiger partial charge in [0.2, 0.25) is 11.8 Å². The predicted octanol–water partition coefficient (Wildman–Crippen LogP) is 3.99. The van der Waals surface area contributed by atoms with Crippen molar-refractivity contribution < 1.29 is 9.59 Å². The van der Waals surface area contributed by atoms with E-state index >= 15 is 0 Å². The number of rotatable bonds is 3. The van der Waals surface area contributed by atoms with Gasteiger partial charge in [-0.2, -0.15) is 0 Å². The Kier molecular flexibility index (Phi) is 4.42. The van der Waals surface area contributed by atoms with Gasteiger partial charge in [0.15, 0.2) is 5.13 Å². The molecule has 4 rings (SSSR count). The van der Waals surface area contributed by atoms with E-state index in [0.29, 0.717) is 11.6 Å². The maximum absolute atomic E-state index is 12.8. The number of para-hydroxylation sites is 2. The number of aromatic nitrogens is 1. The molecule has 0 aliphatic carbocycles. The highest BCUT2D eigenvalue weighted by atomic mass is 32.1. The largest absolute Gasteiger partial charge is 0.300 e. The maximum atomic E-state index is 12.8. The number of amides is 2. The van der Waals surface area contributed by atoms with Gasteiger partial charge in [0.05, 0.1) is 10.2 Å². The average molecular weight is 365 g/mol. The zero-order chi connectivity index (χ0) is 18.1. The monoisotopic (exact) mass is 365 g/mol. The number of nitrogens with one attached hydrogen (secondary N) is 1. The third kappa shape index (κ3) is 3.08. The van der Waals surface area contributed by atoms with Crippen LogP contribution in [0.1, 0.15) is 25.3 Å².